The number of amides is 2. The lowest BCUT2D eigenvalue weighted by Gasteiger charge is -2.37. The molecule has 0 aromatic rings. The minimum atomic E-state index is -0.775. The topological polar surface area (TPSA) is 60.9 Å². The molecule has 1 rings (SSSR count). The van der Waals surface area contributed by atoms with E-state index in [2.05, 4.69) is 13.8 Å². The second-order valence-electron chi connectivity index (χ2n) is 5.93. The predicted molar refractivity (Wildman–Crippen MR) is 74.0 cm³/mol. The summed E-state index contributed by atoms with van der Waals surface area (Å²) in [5.74, 6) is -0.269. The predicted octanol–water partition coefficient (Wildman–Crippen LogP) is 2.27. The Bertz CT molecular complexity index is 331. The number of aliphatic carboxylic acids is 1. The average molecular weight is 270 g/mol. The Balaban J connectivity index is 2.58. The lowest BCUT2D eigenvalue weighted by atomic mass is 9.95. The van der Waals surface area contributed by atoms with Crippen molar-refractivity contribution < 1.29 is 14.7 Å². The van der Waals surface area contributed by atoms with Crippen molar-refractivity contribution in [2.75, 3.05) is 20.1 Å². The molecule has 0 aromatic heterocycles. The summed E-state index contributed by atoms with van der Waals surface area (Å²) < 4.78 is 0. The zero-order valence-corrected chi connectivity index (χ0v) is 12.4. The zero-order valence-electron chi connectivity index (χ0n) is 12.4. The first-order chi connectivity index (χ1) is 8.82. The van der Waals surface area contributed by atoms with Crippen LogP contribution < -0.4 is 0 Å². The van der Waals surface area contributed by atoms with Gasteiger partial charge in [0.1, 0.15) is 0 Å². The average Bonchev–Trinajstić information content (AvgIpc) is 2.35. The molecule has 1 heterocycles. The van der Waals surface area contributed by atoms with Crippen molar-refractivity contribution in [1.29, 1.82) is 0 Å². The van der Waals surface area contributed by atoms with E-state index in [0.29, 0.717) is 12.5 Å². The van der Waals surface area contributed by atoms with Gasteiger partial charge < -0.3 is 14.9 Å². The van der Waals surface area contributed by atoms with Crippen molar-refractivity contribution in [3.63, 3.8) is 0 Å². The second kappa shape index (κ2) is 6.78. The van der Waals surface area contributed by atoms with Crippen molar-refractivity contribution in [3.8, 4) is 0 Å². The Morgan fingerprint density at radius 3 is 2.53 bits per heavy atom. The molecule has 0 radical (unpaired) electrons. The minimum absolute atomic E-state index is 0.0243. The second-order valence-corrected chi connectivity index (χ2v) is 5.93. The Labute approximate surface area is 115 Å². The van der Waals surface area contributed by atoms with Crippen LogP contribution in [0.1, 0.15) is 40.0 Å². The summed E-state index contributed by atoms with van der Waals surface area (Å²) >= 11 is 0. The van der Waals surface area contributed by atoms with Gasteiger partial charge in [0.15, 0.2) is 0 Å². The molecule has 5 nitrogen and oxygen atoms in total. The maximum Gasteiger partial charge on any atom is 0.319 e. The van der Waals surface area contributed by atoms with E-state index in [1.54, 1.807) is 9.80 Å². The van der Waals surface area contributed by atoms with Crippen LogP contribution in [0.5, 0.6) is 0 Å². The van der Waals surface area contributed by atoms with Crippen LogP contribution in [-0.2, 0) is 4.79 Å². The van der Waals surface area contributed by atoms with Crippen LogP contribution in [-0.4, -0.2) is 53.1 Å². The maximum atomic E-state index is 12.4. The van der Waals surface area contributed by atoms with Gasteiger partial charge in [0.25, 0.3) is 0 Å². The van der Waals surface area contributed by atoms with Crippen LogP contribution in [0.2, 0.25) is 0 Å². The first kappa shape index (κ1) is 15.8. The van der Waals surface area contributed by atoms with Gasteiger partial charge in [-0.05, 0) is 31.6 Å². The molecule has 1 aliphatic rings. The minimum Gasteiger partial charge on any atom is -0.481 e. The number of carboxylic acids is 1. The number of hydrogen-bond acceptors (Lipinski definition) is 2. The monoisotopic (exact) mass is 270 g/mol. The van der Waals surface area contributed by atoms with E-state index in [0.717, 1.165) is 19.4 Å². The molecule has 2 atom stereocenters. The Morgan fingerprint density at radius 2 is 2.00 bits per heavy atom. The lowest BCUT2D eigenvalue weighted by molar-refractivity contribution is -0.138. The van der Waals surface area contributed by atoms with E-state index in [-0.39, 0.29) is 24.4 Å². The molecule has 0 spiro atoms. The van der Waals surface area contributed by atoms with Gasteiger partial charge >= 0.3 is 12.0 Å². The molecule has 110 valence electrons. The van der Waals surface area contributed by atoms with Gasteiger partial charge in [-0.15, -0.1) is 0 Å². The molecule has 2 amide bonds. The largest absolute Gasteiger partial charge is 0.481 e. The molecule has 0 saturated carbocycles. The number of nitrogens with zero attached hydrogens (tertiary/aromatic N) is 2. The van der Waals surface area contributed by atoms with E-state index >= 15 is 0 Å². The highest BCUT2D eigenvalue weighted by Crippen LogP contribution is 2.21. The quantitative estimate of drug-likeness (QED) is 0.852. The highest BCUT2D eigenvalue weighted by atomic mass is 16.4. The summed E-state index contributed by atoms with van der Waals surface area (Å²) in [5, 5.41) is 8.85. The summed E-state index contributed by atoms with van der Waals surface area (Å²) in [7, 11) is 1.83. The van der Waals surface area contributed by atoms with Gasteiger partial charge in [-0.3, -0.25) is 4.79 Å². The van der Waals surface area contributed by atoms with E-state index in [4.69, 9.17) is 5.11 Å². The molecule has 5 heteroatoms. The van der Waals surface area contributed by atoms with Crippen LogP contribution in [0.3, 0.4) is 0 Å². The third-order valence-electron chi connectivity index (χ3n) is 4.13. The number of carbonyl (C=O) groups is 2. The van der Waals surface area contributed by atoms with Crippen molar-refractivity contribution >= 4 is 12.0 Å². The molecular formula is C14H26N2O3. The highest BCUT2D eigenvalue weighted by Gasteiger charge is 2.29. The van der Waals surface area contributed by atoms with Crippen LogP contribution in [0.25, 0.3) is 0 Å². The van der Waals surface area contributed by atoms with Gasteiger partial charge in [0.05, 0.1) is 0 Å². The van der Waals surface area contributed by atoms with Gasteiger partial charge in [-0.25, -0.2) is 4.79 Å². The van der Waals surface area contributed by atoms with Gasteiger partial charge in [0, 0.05) is 32.6 Å². The van der Waals surface area contributed by atoms with Crippen molar-refractivity contribution in [1.82, 2.24) is 9.80 Å². The molecule has 0 bridgehead atoms. The van der Waals surface area contributed by atoms with E-state index < -0.39 is 5.97 Å². The lowest BCUT2D eigenvalue weighted by Crippen LogP contribution is -2.50. The molecule has 2 unspecified atom stereocenters. The zero-order chi connectivity index (χ0) is 14.6. The van der Waals surface area contributed by atoms with Crippen molar-refractivity contribution in [3.05, 3.63) is 0 Å². The van der Waals surface area contributed by atoms with Crippen molar-refractivity contribution in [2.45, 2.75) is 46.1 Å². The van der Waals surface area contributed by atoms with Crippen LogP contribution in [0.4, 0.5) is 4.79 Å². The number of hydrogen-bond donors (Lipinski definition) is 1. The molecule has 1 saturated heterocycles. The molecule has 19 heavy (non-hydrogen) atoms. The Kier molecular flexibility index (Phi) is 5.63. The third kappa shape index (κ3) is 4.40. The molecule has 1 fully saturated rings. The highest BCUT2D eigenvalue weighted by molar-refractivity contribution is 5.75. The van der Waals surface area contributed by atoms with E-state index in [1.807, 2.05) is 14.0 Å². The molecule has 1 aliphatic heterocycles. The van der Waals surface area contributed by atoms with Crippen molar-refractivity contribution in [2.24, 2.45) is 11.8 Å². The third-order valence-corrected chi connectivity index (χ3v) is 4.13. The Hall–Kier alpha value is -1.26. The summed E-state index contributed by atoms with van der Waals surface area (Å²) in [5.41, 5.74) is 0. The van der Waals surface area contributed by atoms with Crippen LogP contribution in [0, 0.1) is 11.8 Å². The molecule has 1 N–H and O–H groups in total. The normalized spacial score (nSPS) is 21.3. The summed E-state index contributed by atoms with van der Waals surface area (Å²) in [6.45, 7) is 7.54. The number of carboxylic acid groups (broad SMARTS) is 1. The van der Waals surface area contributed by atoms with Gasteiger partial charge in [-0.2, -0.15) is 0 Å². The van der Waals surface area contributed by atoms with Gasteiger partial charge in [0.2, 0.25) is 0 Å². The number of urea groups is 1. The fourth-order valence-corrected chi connectivity index (χ4v) is 2.50. The number of carbonyl (C=O) groups excluding carboxylic acids is 1. The number of piperidine rings is 1. The summed E-state index contributed by atoms with van der Waals surface area (Å²) in [4.78, 5) is 26.7. The van der Waals surface area contributed by atoms with Crippen LogP contribution in [0.15, 0.2) is 0 Å². The fourth-order valence-electron chi connectivity index (χ4n) is 2.50. The van der Waals surface area contributed by atoms with Gasteiger partial charge in [-0.1, -0.05) is 13.8 Å². The fraction of sp³-hybridized carbons (Fsp3) is 0.857. The number of likely N-dealkylation sites (tertiary alicyclic amines) is 1. The van der Waals surface area contributed by atoms with Crippen LogP contribution >= 0.6 is 0 Å². The summed E-state index contributed by atoms with van der Waals surface area (Å²) in [6.07, 6.45) is 1.96. The smallest absolute Gasteiger partial charge is 0.319 e. The summed E-state index contributed by atoms with van der Waals surface area (Å²) in [6, 6.07) is 0.212. The first-order valence-corrected chi connectivity index (χ1v) is 7.06. The van der Waals surface area contributed by atoms with E-state index in [1.165, 1.54) is 0 Å². The molecular weight excluding hydrogens is 244 g/mol. The maximum absolute atomic E-state index is 12.4. The Morgan fingerprint density at radius 1 is 1.37 bits per heavy atom. The number of rotatable bonds is 4. The van der Waals surface area contributed by atoms with E-state index in [9.17, 15) is 9.59 Å². The first-order valence-electron chi connectivity index (χ1n) is 7.06. The molecule has 0 aromatic carbocycles. The SMILES string of the molecule is CC(C)C(C)N(C)C(=O)N1CCCC(CC(=O)O)C1. The molecule has 0 aliphatic carbocycles. The standard InChI is InChI=1S/C14H26N2O3/c1-10(2)11(3)15(4)14(19)16-7-5-6-12(9-16)8-13(17)18/h10-12H,5-9H2,1-4H3,(H,17,18).